The van der Waals surface area contributed by atoms with Crippen molar-refractivity contribution < 1.29 is 14.0 Å². The number of carbonyl (C=O) groups excluding carboxylic acids is 2. The highest BCUT2D eigenvalue weighted by Gasteiger charge is 2.23. The Morgan fingerprint density at radius 2 is 1.84 bits per heavy atom. The molecule has 0 radical (unpaired) electrons. The second-order valence-corrected chi connectivity index (χ2v) is 4.34. The number of Topliss-reactive ketones (excluding diaryl/α,β-unsaturated/α-hetero) is 1. The second kappa shape index (κ2) is 5.57. The van der Waals surface area contributed by atoms with Gasteiger partial charge in [0.1, 0.15) is 6.29 Å². The molecule has 0 bridgehead atoms. The van der Waals surface area contributed by atoms with Crippen LogP contribution in [-0.2, 0) is 0 Å². The zero-order valence-corrected chi connectivity index (χ0v) is 10.5. The number of alkyl halides is 1. The highest BCUT2D eigenvalue weighted by atomic mass is 19.1. The Kier molecular flexibility index (Phi) is 3.85. The van der Waals surface area contributed by atoms with Crippen molar-refractivity contribution in [2.45, 2.75) is 13.1 Å². The van der Waals surface area contributed by atoms with Crippen LogP contribution in [0.3, 0.4) is 0 Å². The Hall–Kier alpha value is -2.29. The number of ketones is 1. The molecule has 2 nitrogen and oxygen atoms in total. The SMILES string of the molecule is Cc1ccc(C=O)c(C(F)C(=O)c2ccccc2)c1. The van der Waals surface area contributed by atoms with Crippen LogP contribution in [0, 0.1) is 6.92 Å². The summed E-state index contributed by atoms with van der Waals surface area (Å²) in [7, 11) is 0. The molecule has 0 aliphatic carbocycles. The molecule has 3 heteroatoms. The van der Waals surface area contributed by atoms with Crippen LogP contribution in [0.1, 0.15) is 38.0 Å². The Morgan fingerprint density at radius 1 is 1.16 bits per heavy atom. The fraction of sp³-hybridized carbons (Fsp3) is 0.125. The lowest BCUT2D eigenvalue weighted by Gasteiger charge is -2.11. The van der Waals surface area contributed by atoms with Gasteiger partial charge in [0.15, 0.2) is 6.17 Å². The van der Waals surface area contributed by atoms with Gasteiger partial charge in [0, 0.05) is 16.7 Å². The van der Waals surface area contributed by atoms with E-state index < -0.39 is 12.0 Å². The van der Waals surface area contributed by atoms with Crippen molar-refractivity contribution in [3.8, 4) is 0 Å². The Balaban J connectivity index is 2.39. The van der Waals surface area contributed by atoms with Crippen LogP contribution in [0.5, 0.6) is 0 Å². The molecular weight excluding hydrogens is 243 g/mol. The number of rotatable bonds is 4. The minimum atomic E-state index is -1.82. The number of benzene rings is 2. The smallest absolute Gasteiger partial charge is 0.201 e. The number of hydrogen-bond acceptors (Lipinski definition) is 2. The fourth-order valence-electron chi connectivity index (χ4n) is 1.91. The van der Waals surface area contributed by atoms with Crippen LogP contribution in [0.15, 0.2) is 48.5 Å². The van der Waals surface area contributed by atoms with Crippen molar-refractivity contribution in [2.24, 2.45) is 0 Å². The molecule has 2 aromatic rings. The Bertz CT molecular complexity index is 605. The maximum Gasteiger partial charge on any atom is 0.201 e. The van der Waals surface area contributed by atoms with Gasteiger partial charge in [-0.05, 0) is 6.92 Å². The van der Waals surface area contributed by atoms with E-state index in [2.05, 4.69) is 0 Å². The monoisotopic (exact) mass is 256 g/mol. The van der Waals surface area contributed by atoms with Gasteiger partial charge in [-0.3, -0.25) is 9.59 Å². The quantitative estimate of drug-likeness (QED) is 0.617. The minimum Gasteiger partial charge on any atom is -0.298 e. The van der Waals surface area contributed by atoms with Crippen LogP contribution in [0.2, 0.25) is 0 Å². The van der Waals surface area contributed by atoms with Gasteiger partial charge < -0.3 is 0 Å². The number of halogens is 1. The van der Waals surface area contributed by atoms with Crippen molar-refractivity contribution in [1.82, 2.24) is 0 Å². The molecule has 0 spiro atoms. The third kappa shape index (κ3) is 2.76. The molecule has 96 valence electrons. The van der Waals surface area contributed by atoms with E-state index in [4.69, 9.17) is 0 Å². The maximum absolute atomic E-state index is 14.3. The van der Waals surface area contributed by atoms with E-state index in [1.807, 2.05) is 0 Å². The maximum atomic E-state index is 14.3. The zero-order chi connectivity index (χ0) is 13.8. The van der Waals surface area contributed by atoms with Crippen molar-refractivity contribution in [1.29, 1.82) is 0 Å². The van der Waals surface area contributed by atoms with Gasteiger partial charge >= 0.3 is 0 Å². The number of hydrogen-bond donors (Lipinski definition) is 0. The topological polar surface area (TPSA) is 34.1 Å². The van der Waals surface area contributed by atoms with Crippen LogP contribution >= 0.6 is 0 Å². The van der Waals surface area contributed by atoms with Crippen molar-refractivity contribution in [3.63, 3.8) is 0 Å². The van der Waals surface area contributed by atoms with Gasteiger partial charge in [0.05, 0.1) is 0 Å². The number of carbonyl (C=O) groups is 2. The van der Waals surface area contributed by atoms with Crippen LogP contribution in [-0.4, -0.2) is 12.1 Å². The highest BCUT2D eigenvalue weighted by Crippen LogP contribution is 2.25. The van der Waals surface area contributed by atoms with Gasteiger partial charge in [-0.1, -0.05) is 54.1 Å². The van der Waals surface area contributed by atoms with E-state index in [9.17, 15) is 14.0 Å². The van der Waals surface area contributed by atoms with Gasteiger partial charge in [-0.2, -0.15) is 0 Å². The summed E-state index contributed by atoms with van der Waals surface area (Å²) in [6.45, 7) is 1.79. The standard InChI is InChI=1S/C16H13FO2/c1-11-7-8-13(10-18)14(9-11)15(17)16(19)12-5-3-2-4-6-12/h2-10,15H,1H3. The number of aryl methyl sites for hydroxylation is 1. The second-order valence-electron chi connectivity index (χ2n) is 4.34. The fourth-order valence-corrected chi connectivity index (χ4v) is 1.91. The molecule has 0 amide bonds. The lowest BCUT2D eigenvalue weighted by atomic mass is 9.96. The highest BCUT2D eigenvalue weighted by molar-refractivity contribution is 6.01. The molecule has 0 heterocycles. The third-order valence-electron chi connectivity index (χ3n) is 2.93. The van der Waals surface area contributed by atoms with Crippen molar-refractivity contribution in [2.75, 3.05) is 0 Å². The summed E-state index contributed by atoms with van der Waals surface area (Å²) >= 11 is 0. The van der Waals surface area contributed by atoms with Crippen LogP contribution < -0.4 is 0 Å². The molecule has 19 heavy (non-hydrogen) atoms. The molecule has 1 unspecified atom stereocenters. The Labute approximate surface area is 110 Å². The van der Waals surface area contributed by atoms with Gasteiger partial charge in [0.2, 0.25) is 5.78 Å². The van der Waals surface area contributed by atoms with Crippen molar-refractivity contribution >= 4 is 12.1 Å². The average molecular weight is 256 g/mol. The van der Waals surface area contributed by atoms with E-state index in [0.717, 1.165) is 5.56 Å². The van der Waals surface area contributed by atoms with Gasteiger partial charge in [-0.15, -0.1) is 0 Å². The lowest BCUT2D eigenvalue weighted by molar-refractivity contribution is 0.0877. The normalized spacial score (nSPS) is 11.9. The van der Waals surface area contributed by atoms with Crippen LogP contribution in [0.25, 0.3) is 0 Å². The number of aldehydes is 1. The molecule has 0 N–H and O–H groups in total. The third-order valence-corrected chi connectivity index (χ3v) is 2.93. The molecule has 0 fully saturated rings. The largest absolute Gasteiger partial charge is 0.298 e. The van der Waals surface area contributed by atoms with E-state index in [-0.39, 0.29) is 11.1 Å². The zero-order valence-electron chi connectivity index (χ0n) is 10.5. The molecule has 0 aliphatic heterocycles. The van der Waals surface area contributed by atoms with E-state index in [1.165, 1.54) is 12.1 Å². The first kappa shape index (κ1) is 13.1. The summed E-state index contributed by atoms with van der Waals surface area (Å²) < 4.78 is 14.3. The summed E-state index contributed by atoms with van der Waals surface area (Å²) in [5, 5.41) is 0. The van der Waals surface area contributed by atoms with Crippen molar-refractivity contribution in [3.05, 3.63) is 70.8 Å². The molecule has 0 aliphatic rings. The molecule has 0 saturated carbocycles. The minimum absolute atomic E-state index is 0.129. The van der Waals surface area contributed by atoms with Gasteiger partial charge in [-0.25, -0.2) is 4.39 Å². The molecule has 2 aromatic carbocycles. The van der Waals surface area contributed by atoms with Gasteiger partial charge in [0.25, 0.3) is 0 Å². The lowest BCUT2D eigenvalue weighted by Crippen LogP contribution is -2.10. The Morgan fingerprint density at radius 3 is 2.47 bits per heavy atom. The van der Waals surface area contributed by atoms with E-state index >= 15 is 0 Å². The van der Waals surface area contributed by atoms with E-state index in [0.29, 0.717) is 11.8 Å². The first-order valence-electron chi connectivity index (χ1n) is 5.92. The van der Waals surface area contributed by atoms with E-state index in [1.54, 1.807) is 43.3 Å². The summed E-state index contributed by atoms with van der Waals surface area (Å²) in [5.74, 6) is -0.630. The summed E-state index contributed by atoms with van der Waals surface area (Å²) in [6.07, 6.45) is -1.25. The van der Waals surface area contributed by atoms with Crippen LogP contribution in [0.4, 0.5) is 4.39 Å². The molecule has 0 saturated heterocycles. The molecular formula is C16H13FO2. The molecule has 2 rings (SSSR count). The molecule has 1 atom stereocenters. The predicted molar refractivity (Wildman–Crippen MR) is 71.2 cm³/mol. The first-order valence-corrected chi connectivity index (χ1v) is 5.92. The summed E-state index contributed by atoms with van der Waals surface area (Å²) in [5.41, 5.74) is 1.45. The summed E-state index contributed by atoms with van der Waals surface area (Å²) in [4.78, 5) is 23.0. The molecule has 0 aromatic heterocycles. The predicted octanol–water partition coefficient (Wildman–Crippen LogP) is 3.70. The summed E-state index contributed by atoms with van der Waals surface area (Å²) in [6, 6.07) is 13.0. The first-order chi connectivity index (χ1) is 9.13. The average Bonchev–Trinajstić information content (AvgIpc) is 2.46.